The largest absolute Gasteiger partial charge is 0.492 e. The van der Waals surface area contributed by atoms with Gasteiger partial charge in [-0.05, 0) is 37.7 Å². The van der Waals surface area contributed by atoms with Crippen molar-refractivity contribution in [2.45, 2.75) is 37.6 Å². The minimum atomic E-state index is -2.55. The molecule has 2 aliphatic carbocycles. The van der Waals surface area contributed by atoms with E-state index >= 15 is 0 Å². The summed E-state index contributed by atoms with van der Waals surface area (Å²) in [6, 6.07) is 1.14. The van der Waals surface area contributed by atoms with Gasteiger partial charge in [0.05, 0.1) is 17.2 Å². The van der Waals surface area contributed by atoms with Gasteiger partial charge in [0.15, 0.2) is 0 Å². The van der Waals surface area contributed by atoms with Crippen LogP contribution in [-0.4, -0.2) is 47.0 Å². The summed E-state index contributed by atoms with van der Waals surface area (Å²) in [4.78, 5) is 24.9. The first-order valence-corrected chi connectivity index (χ1v) is 9.61. The number of carbonyl (C=O) groups is 2. The summed E-state index contributed by atoms with van der Waals surface area (Å²) in [7, 11) is 0. The van der Waals surface area contributed by atoms with Gasteiger partial charge in [0.2, 0.25) is 0 Å². The van der Waals surface area contributed by atoms with Gasteiger partial charge in [0, 0.05) is 24.4 Å². The van der Waals surface area contributed by atoms with Gasteiger partial charge in [0.1, 0.15) is 17.6 Å². The molecule has 2 unspecified atom stereocenters. The van der Waals surface area contributed by atoms with Crippen molar-refractivity contribution < 1.29 is 32.6 Å². The minimum absolute atomic E-state index is 0.0179. The molecular formula is C19H19ClF3NO4. The van der Waals surface area contributed by atoms with Gasteiger partial charge in [-0.3, -0.25) is 4.79 Å². The van der Waals surface area contributed by atoms with E-state index in [1.165, 1.54) is 0 Å². The van der Waals surface area contributed by atoms with Crippen LogP contribution in [0.15, 0.2) is 12.1 Å². The normalized spacial score (nSPS) is 30.2. The zero-order valence-corrected chi connectivity index (χ0v) is 15.6. The lowest BCUT2D eigenvalue weighted by Gasteiger charge is -2.22. The van der Waals surface area contributed by atoms with Crippen molar-refractivity contribution in [1.82, 2.24) is 4.90 Å². The van der Waals surface area contributed by atoms with E-state index in [-0.39, 0.29) is 35.4 Å². The van der Waals surface area contributed by atoms with Crippen molar-refractivity contribution in [3.63, 3.8) is 0 Å². The average molecular weight is 418 g/mol. The Labute approximate surface area is 164 Å². The molecule has 152 valence electrons. The van der Waals surface area contributed by atoms with Gasteiger partial charge in [-0.2, -0.15) is 0 Å². The number of alkyl halides is 2. The third kappa shape index (κ3) is 3.21. The second-order valence-corrected chi connectivity index (χ2v) is 8.20. The number of carboxylic acids is 1. The first kappa shape index (κ1) is 19.4. The van der Waals surface area contributed by atoms with Crippen LogP contribution in [0.5, 0.6) is 5.75 Å². The molecule has 0 aromatic heterocycles. The number of hydrogen-bond donors (Lipinski definition) is 1. The Balaban J connectivity index is 1.42. The number of carboxylic acid groups (broad SMARTS) is 1. The molecule has 2 saturated carbocycles. The van der Waals surface area contributed by atoms with Gasteiger partial charge in [-0.15, -0.1) is 0 Å². The highest BCUT2D eigenvalue weighted by Gasteiger charge is 2.71. The fraction of sp³-hybridized carbons (Fsp3) is 0.579. The van der Waals surface area contributed by atoms with Crippen molar-refractivity contribution in [2.24, 2.45) is 17.8 Å². The van der Waals surface area contributed by atoms with Crippen molar-refractivity contribution in [3.05, 3.63) is 28.5 Å². The molecule has 4 rings (SSSR count). The highest BCUT2D eigenvalue weighted by molar-refractivity contribution is 6.32. The number of rotatable bonds is 5. The molecule has 1 amide bonds. The van der Waals surface area contributed by atoms with E-state index in [1.54, 1.807) is 0 Å². The molecule has 4 atom stereocenters. The third-order valence-electron chi connectivity index (χ3n) is 6.07. The van der Waals surface area contributed by atoms with Gasteiger partial charge in [-0.25, -0.2) is 18.0 Å². The van der Waals surface area contributed by atoms with E-state index < -0.39 is 41.5 Å². The fourth-order valence-corrected chi connectivity index (χ4v) is 4.70. The maximum absolute atomic E-state index is 14.5. The van der Waals surface area contributed by atoms with Crippen molar-refractivity contribution >= 4 is 23.5 Å². The molecule has 3 fully saturated rings. The van der Waals surface area contributed by atoms with Gasteiger partial charge in [0.25, 0.3) is 11.8 Å². The molecule has 0 spiro atoms. The van der Waals surface area contributed by atoms with Gasteiger partial charge < -0.3 is 14.7 Å². The second-order valence-electron chi connectivity index (χ2n) is 7.79. The van der Waals surface area contributed by atoms with Crippen LogP contribution in [0.4, 0.5) is 13.2 Å². The zero-order valence-electron chi connectivity index (χ0n) is 14.8. The standard InChI is InChI=1S/C19H19ClF3NO4/c20-13-6-10(17(25)24-3-1-2-15(24)18(26)27)14(21)7-16(13)28-8-9-4-11-12(5-9)19(11,22)23/h6-7,9,11-12,15H,1-5,8H2,(H,26,27)/t9?,11-,12?,15-/m0/s1. The Morgan fingerprint density at radius 3 is 2.61 bits per heavy atom. The van der Waals surface area contributed by atoms with Crippen molar-refractivity contribution in [2.75, 3.05) is 13.2 Å². The number of carbonyl (C=O) groups excluding carboxylic acids is 1. The second kappa shape index (κ2) is 6.83. The monoisotopic (exact) mass is 417 g/mol. The molecule has 1 saturated heterocycles. The smallest absolute Gasteiger partial charge is 0.326 e. The van der Waals surface area contributed by atoms with E-state index in [9.17, 15) is 27.9 Å². The maximum atomic E-state index is 14.5. The SMILES string of the molecule is O=C(O)[C@@H]1CCCN1C(=O)c1cc(Cl)c(OCC2CC3[C@H](C2)C3(F)F)cc1F. The average Bonchev–Trinajstić information content (AvgIpc) is 3.11. The van der Waals surface area contributed by atoms with E-state index in [0.29, 0.717) is 25.7 Å². The number of fused-ring (bicyclic) bond motifs is 1. The Hall–Kier alpha value is -1.96. The first-order chi connectivity index (χ1) is 13.2. The summed E-state index contributed by atoms with van der Waals surface area (Å²) >= 11 is 6.12. The maximum Gasteiger partial charge on any atom is 0.326 e. The molecular weight excluding hydrogens is 399 g/mol. The highest BCUT2D eigenvalue weighted by atomic mass is 35.5. The number of ether oxygens (including phenoxy) is 1. The van der Waals surface area contributed by atoms with E-state index in [0.717, 1.165) is 17.0 Å². The Bertz CT molecular complexity index is 820. The summed E-state index contributed by atoms with van der Waals surface area (Å²) in [6.45, 7) is 0.391. The molecule has 1 aromatic carbocycles. The zero-order chi connectivity index (χ0) is 20.2. The van der Waals surface area contributed by atoms with Crippen LogP contribution in [0.3, 0.4) is 0 Å². The van der Waals surface area contributed by atoms with Gasteiger partial charge in [-0.1, -0.05) is 11.6 Å². The summed E-state index contributed by atoms with van der Waals surface area (Å²) in [5, 5.41) is 9.21. The molecule has 1 aromatic rings. The lowest BCUT2D eigenvalue weighted by atomic mass is 10.0. The van der Waals surface area contributed by atoms with Crippen molar-refractivity contribution in [1.29, 1.82) is 0 Å². The number of halogens is 4. The van der Waals surface area contributed by atoms with Crippen LogP contribution in [-0.2, 0) is 4.79 Å². The Kier molecular flexibility index (Phi) is 4.72. The van der Waals surface area contributed by atoms with E-state index in [4.69, 9.17) is 16.3 Å². The fourth-order valence-electron chi connectivity index (χ4n) is 4.49. The van der Waals surface area contributed by atoms with Crippen LogP contribution in [0, 0.1) is 23.6 Å². The molecule has 0 bridgehead atoms. The van der Waals surface area contributed by atoms with E-state index in [1.807, 2.05) is 0 Å². The molecule has 9 heteroatoms. The number of likely N-dealkylation sites (tertiary alicyclic amines) is 1. The van der Waals surface area contributed by atoms with Crippen LogP contribution in [0.1, 0.15) is 36.0 Å². The molecule has 1 aliphatic heterocycles. The van der Waals surface area contributed by atoms with Crippen molar-refractivity contribution in [3.8, 4) is 5.75 Å². The number of benzene rings is 1. The number of amides is 1. The molecule has 5 nitrogen and oxygen atoms in total. The van der Waals surface area contributed by atoms with Gasteiger partial charge >= 0.3 is 5.97 Å². The predicted octanol–water partition coefficient (Wildman–Crippen LogP) is 3.84. The molecule has 28 heavy (non-hydrogen) atoms. The van der Waals surface area contributed by atoms with Crippen LogP contribution < -0.4 is 4.74 Å². The van der Waals surface area contributed by atoms with Crippen LogP contribution >= 0.6 is 11.6 Å². The summed E-state index contributed by atoms with van der Waals surface area (Å²) in [5.74, 6) is -6.40. The molecule has 0 radical (unpaired) electrons. The molecule has 1 heterocycles. The first-order valence-electron chi connectivity index (χ1n) is 9.23. The number of hydrogen-bond acceptors (Lipinski definition) is 3. The third-order valence-corrected chi connectivity index (χ3v) is 6.36. The lowest BCUT2D eigenvalue weighted by molar-refractivity contribution is -0.141. The summed E-state index contributed by atoms with van der Waals surface area (Å²) < 4.78 is 46.5. The molecule has 1 N–H and O–H groups in total. The predicted molar refractivity (Wildman–Crippen MR) is 93.3 cm³/mol. The number of aliphatic carboxylic acids is 1. The summed E-state index contributed by atoms with van der Waals surface area (Å²) in [5.41, 5.74) is -0.313. The lowest BCUT2D eigenvalue weighted by Crippen LogP contribution is -2.40. The Morgan fingerprint density at radius 2 is 1.96 bits per heavy atom. The van der Waals surface area contributed by atoms with E-state index in [2.05, 4.69) is 0 Å². The Morgan fingerprint density at radius 1 is 1.29 bits per heavy atom. The highest BCUT2D eigenvalue weighted by Crippen LogP contribution is 2.65. The quantitative estimate of drug-likeness (QED) is 0.790. The minimum Gasteiger partial charge on any atom is -0.492 e. The topological polar surface area (TPSA) is 66.8 Å². The van der Waals surface area contributed by atoms with Crippen LogP contribution in [0.25, 0.3) is 0 Å². The summed E-state index contributed by atoms with van der Waals surface area (Å²) in [6.07, 6.45) is 1.60. The van der Waals surface area contributed by atoms with Crippen LogP contribution in [0.2, 0.25) is 5.02 Å². The molecule has 3 aliphatic rings. The number of nitrogens with zero attached hydrogens (tertiary/aromatic N) is 1.